The number of aromatic amines is 1. The predicted molar refractivity (Wildman–Crippen MR) is 97.6 cm³/mol. The quantitative estimate of drug-likeness (QED) is 0.785. The fourth-order valence-corrected chi connectivity index (χ4v) is 3.59. The first-order valence-corrected chi connectivity index (χ1v) is 8.72. The normalized spacial score (nSPS) is 17.0. The molecule has 1 N–H and O–H groups in total. The molecule has 0 aliphatic carbocycles. The number of benzene rings is 1. The molecular weight excluding hydrogens is 330 g/mol. The fraction of sp³-hybridized carbons (Fsp3) is 0.316. The van der Waals surface area contributed by atoms with Crippen molar-refractivity contribution in [2.45, 2.75) is 26.3 Å². The van der Waals surface area contributed by atoms with Gasteiger partial charge in [0.2, 0.25) is 0 Å². The van der Waals surface area contributed by atoms with Crippen LogP contribution < -0.4 is 5.56 Å². The Labute approximate surface area is 150 Å². The number of aromatic nitrogens is 4. The van der Waals surface area contributed by atoms with E-state index in [0.717, 1.165) is 17.8 Å². The van der Waals surface area contributed by atoms with Gasteiger partial charge in [0.25, 0.3) is 11.5 Å². The minimum atomic E-state index is -0.242. The summed E-state index contributed by atoms with van der Waals surface area (Å²) in [7, 11) is 0. The van der Waals surface area contributed by atoms with Crippen molar-refractivity contribution in [1.29, 1.82) is 0 Å². The van der Waals surface area contributed by atoms with Gasteiger partial charge in [0.1, 0.15) is 5.69 Å². The van der Waals surface area contributed by atoms with Crippen LogP contribution >= 0.6 is 0 Å². The van der Waals surface area contributed by atoms with Crippen LogP contribution in [0.5, 0.6) is 0 Å². The van der Waals surface area contributed by atoms with Crippen molar-refractivity contribution >= 4 is 5.91 Å². The second-order valence-electron chi connectivity index (χ2n) is 6.74. The molecule has 7 nitrogen and oxygen atoms in total. The Morgan fingerprint density at radius 3 is 2.65 bits per heavy atom. The lowest BCUT2D eigenvalue weighted by Crippen LogP contribution is -2.29. The zero-order valence-electron chi connectivity index (χ0n) is 14.8. The van der Waals surface area contributed by atoms with Crippen LogP contribution in [-0.4, -0.2) is 43.5 Å². The third-order valence-electron chi connectivity index (χ3n) is 4.81. The molecular formula is C19H21N5O2. The molecule has 1 fully saturated rings. The highest BCUT2D eigenvalue weighted by atomic mass is 16.2. The zero-order chi connectivity index (χ0) is 18.3. The van der Waals surface area contributed by atoms with E-state index in [1.807, 2.05) is 54.9 Å². The van der Waals surface area contributed by atoms with Crippen LogP contribution in [0.4, 0.5) is 0 Å². The monoisotopic (exact) mass is 351 g/mol. The van der Waals surface area contributed by atoms with Crippen molar-refractivity contribution < 1.29 is 4.79 Å². The van der Waals surface area contributed by atoms with Crippen LogP contribution in [-0.2, 0) is 0 Å². The van der Waals surface area contributed by atoms with Crippen molar-refractivity contribution in [2.24, 2.45) is 0 Å². The first-order chi connectivity index (χ1) is 12.5. The number of carbonyl (C=O) groups is 1. The van der Waals surface area contributed by atoms with Gasteiger partial charge < -0.3 is 4.90 Å². The van der Waals surface area contributed by atoms with Gasteiger partial charge in [-0.3, -0.25) is 19.4 Å². The van der Waals surface area contributed by atoms with E-state index in [9.17, 15) is 9.59 Å². The van der Waals surface area contributed by atoms with E-state index < -0.39 is 0 Å². The Morgan fingerprint density at radius 2 is 1.96 bits per heavy atom. The highest BCUT2D eigenvalue weighted by molar-refractivity contribution is 5.92. The number of hydrogen-bond acceptors (Lipinski definition) is 3. The molecule has 0 radical (unpaired) electrons. The summed E-state index contributed by atoms with van der Waals surface area (Å²) in [5.74, 6) is -0.152. The maximum Gasteiger partial charge on any atom is 0.272 e. The minimum Gasteiger partial charge on any atom is -0.335 e. The molecule has 0 bridgehead atoms. The largest absolute Gasteiger partial charge is 0.335 e. The van der Waals surface area contributed by atoms with E-state index >= 15 is 0 Å². The number of likely N-dealkylation sites (tertiary alicyclic amines) is 1. The van der Waals surface area contributed by atoms with Crippen LogP contribution in [0.1, 0.15) is 34.3 Å². The summed E-state index contributed by atoms with van der Waals surface area (Å²) in [5, 5.41) is 7.47. The Bertz CT molecular complexity index is 999. The molecule has 134 valence electrons. The van der Waals surface area contributed by atoms with Gasteiger partial charge in [-0.05, 0) is 38.5 Å². The molecule has 0 unspecified atom stereocenters. The van der Waals surface area contributed by atoms with E-state index in [0.29, 0.717) is 24.5 Å². The van der Waals surface area contributed by atoms with E-state index in [4.69, 9.17) is 0 Å². The van der Waals surface area contributed by atoms with Gasteiger partial charge in [-0.25, -0.2) is 4.68 Å². The minimum absolute atomic E-state index is 0.152. The van der Waals surface area contributed by atoms with E-state index in [1.165, 1.54) is 10.7 Å². The molecule has 2 aromatic heterocycles. The van der Waals surface area contributed by atoms with Crippen LogP contribution in [0.15, 0.2) is 47.3 Å². The van der Waals surface area contributed by atoms with Crippen LogP contribution in [0, 0.1) is 13.8 Å². The summed E-state index contributed by atoms with van der Waals surface area (Å²) in [4.78, 5) is 26.8. The Hall–Kier alpha value is -3.09. The zero-order valence-corrected chi connectivity index (χ0v) is 14.8. The average Bonchev–Trinajstić information content (AvgIpc) is 3.33. The summed E-state index contributed by atoms with van der Waals surface area (Å²) in [6, 6.07) is 12.8. The third kappa shape index (κ3) is 2.85. The van der Waals surface area contributed by atoms with Crippen molar-refractivity contribution in [1.82, 2.24) is 24.5 Å². The van der Waals surface area contributed by atoms with Gasteiger partial charge in [-0.15, -0.1) is 0 Å². The number of H-pyrrole nitrogens is 1. The summed E-state index contributed by atoms with van der Waals surface area (Å²) in [6.07, 6.45) is 0.858. The number of hydrogen-bond donors (Lipinski definition) is 1. The molecule has 1 aliphatic heterocycles. The number of para-hydroxylation sites is 1. The number of nitrogens with zero attached hydrogens (tertiary/aromatic N) is 4. The van der Waals surface area contributed by atoms with Crippen molar-refractivity contribution in [3.63, 3.8) is 0 Å². The van der Waals surface area contributed by atoms with E-state index in [2.05, 4.69) is 10.2 Å². The lowest BCUT2D eigenvalue weighted by Gasteiger charge is -2.16. The van der Waals surface area contributed by atoms with Gasteiger partial charge >= 0.3 is 0 Å². The molecule has 3 aromatic rings. The Morgan fingerprint density at radius 1 is 1.19 bits per heavy atom. The van der Waals surface area contributed by atoms with Crippen molar-refractivity contribution in [2.75, 3.05) is 13.1 Å². The van der Waals surface area contributed by atoms with Gasteiger partial charge in [-0.1, -0.05) is 18.2 Å². The maximum absolute atomic E-state index is 12.8. The van der Waals surface area contributed by atoms with Crippen LogP contribution in [0.3, 0.4) is 0 Å². The third-order valence-corrected chi connectivity index (χ3v) is 4.81. The molecule has 4 rings (SSSR count). The van der Waals surface area contributed by atoms with E-state index in [1.54, 1.807) is 4.90 Å². The maximum atomic E-state index is 12.8. The van der Waals surface area contributed by atoms with Gasteiger partial charge in [-0.2, -0.15) is 5.10 Å². The molecule has 1 saturated heterocycles. The smallest absolute Gasteiger partial charge is 0.272 e. The molecule has 1 aromatic carbocycles. The summed E-state index contributed by atoms with van der Waals surface area (Å²) in [5.41, 5.74) is 2.86. The standard InChI is InChI=1S/C19H21N5O2/c1-13-10-14(2)23(20-13)16-8-9-22(12-16)19(26)17-11-18(25)24(21-17)15-6-4-3-5-7-15/h3-7,10-11,16,21H,8-9,12H2,1-2H3/t16-/m0/s1. The molecule has 0 spiro atoms. The van der Waals surface area contributed by atoms with E-state index in [-0.39, 0.29) is 17.5 Å². The Balaban J connectivity index is 1.54. The first-order valence-electron chi connectivity index (χ1n) is 8.72. The van der Waals surface area contributed by atoms with Gasteiger partial charge in [0.05, 0.1) is 17.4 Å². The number of aryl methyl sites for hydroxylation is 2. The lowest BCUT2D eigenvalue weighted by molar-refractivity contribution is 0.0780. The van der Waals surface area contributed by atoms with Crippen LogP contribution in [0.2, 0.25) is 0 Å². The fourth-order valence-electron chi connectivity index (χ4n) is 3.59. The molecule has 1 atom stereocenters. The van der Waals surface area contributed by atoms with Gasteiger partial charge in [0, 0.05) is 24.8 Å². The second kappa shape index (κ2) is 6.33. The highest BCUT2D eigenvalue weighted by Crippen LogP contribution is 2.24. The molecule has 26 heavy (non-hydrogen) atoms. The summed E-state index contributed by atoms with van der Waals surface area (Å²) >= 11 is 0. The number of amides is 1. The number of nitrogens with one attached hydrogen (secondary N) is 1. The molecule has 3 heterocycles. The number of rotatable bonds is 3. The molecule has 7 heteroatoms. The summed E-state index contributed by atoms with van der Waals surface area (Å²) in [6.45, 7) is 5.25. The SMILES string of the molecule is Cc1cc(C)n([C@H]2CCN(C(=O)c3cc(=O)n(-c4ccccc4)[nH]3)C2)n1. The van der Waals surface area contributed by atoms with Crippen LogP contribution in [0.25, 0.3) is 5.69 Å². The van der Waals surface area contributed by atoms with Crippen molar-refractivity contribution in [3.05, 3.63) is 69.9 Å². The lowest BCUT2D eigenvalue weighted by atomic mass is 10.2. The Kier molecular flexibility index (Phi) is 3.99. The van der Waals surface area contributed by atoms with Crippen molar-refractivity contribution in [3.8, 4) is 5.69 Å². The predicted octanol–water partition coefficient (Wildman–Crippen LogP) is 2.07. The molecule has 1 aliphatic rings. The van der Waals surface area contributed by atoms with Gasteiger partial charge in [0.15, 0.2) is 0 Å². The highest BCUT2D eigenvalue weighted by Gasteiger charge is 2.30. The molecule has 1 amide bonds. The topological polar surface area (TPSA) is 75.9 Å². The molecule has 0 saturated carbocycles. The average molecular weight is 351 g/mol. The summed E-state index contributed by atoms with van der Waals surface area (Å²) < 4.78 is 3.39. The second-order valence-corrected chi connectivity index (χ2v) is 6.74. The first kappa shape index (κ1) is 16.4. The number of carbonyl (C=O) groups excluding carboxylic acids is 1.